The number of ether oxygens (including phenoxy) is 3. The average molecular weight is 411 g/mol. The first-order chi connectivity index (χ1) is 14.5. The molecule has 1 amide bonds. The van der Waals surface area contributed by atoms with Crippen molar-refractivity contribution in [3.05, 3.63) is 59.4 Å². The highest BCUT2D eigenvalue weighted by atomic mass is 16.5. The van der Waals surface area contributed by atoms with Crippen LogP contribution in [0.15, 0.2) is 46.9 Å². The number of benzene rings is 2. The van der Waals surface area contributed by atoms with Crippen LogP contribution in [0.3, 0.4) is 0 Å². The van der Waals surface area contributed by atoms with Gasteiger partial charge in [-0.25, -0.2) is 4.79 Å². The number of aryl methyl sites for hydroxylation is 1. The zero-order chi connectivity index (χ0) is 21.5. The van der Waals surface area contributed by atoms with Crippen LogP contribution >= 0.6 is 0 Å². The predicted molar refractivity (Wildman–Crippen MR) is 112 cm³/mol. The van der Waals surface area contributed by atoms with Crippen LogP contribution in [0.25, 0.3) is 11.0 Å². The zero-order valence-corrected chi connectivity index (χ0v) is 17.3. The fourth-order valence-corrected chi connectivity index (χ4v) is 3.04. The number of rotatable bonds is 9. The largest absolute Gasteiger partial charge is 0.497 e. The maximum atomic E-state index is 12.4. The number of carbonyl (C=O) groups is 2. The van der Waals surface area contributed by atoms with Crippen LogP contribution in [-0.2, 0) is 16.0 Å². The maximum absolute atomic E-state index is 12.4. The minimum Gasteiger partial charge on any atom is -0.497 e. The summed E-state index contributed by atoms with van der Waals surface area (Å²) >= 11 is 0. The van der Waals surface area contributed by atoms with Gasteiger partial charge < -0.3 is 23.9 Å². The third-order valence-corrected chi connectivity index (χ3v) is 4.63. The molecule has 0 saturated heterocycles. The third kappa shape index (κ3) is 5.11. The molecule has 0 radical (unpaired) electrons. The standard InChI is InChI=1S/C23H25NO6/c1-4-28-18-9-10-20-19(13-18)15(2)22(30-20)23(26)29-14-21(25)24-12-11-16-5-7-17(27-3)8-6-16/h5-10,13H,4,11-12,14H2,1-3H3,(H,24,25). The summed E-state index contributed by atoms with van der Waals surface area (Å²) in [6, 6.07) is 13.0. The Kier molecular flexibility index (Phi) is 6.95. The molecule has 0 unspecified atom stereocenters. The van der Waals surface area contributed by atoms with Crippen molar-refractivity contribution >= 4 is 22.8 Å². The van der Waals surface area contributed by atoms with Crippen molar-refractivity contribution in [3.63, 3.8) is 0 Å². The van der Waals surface area contributed by atoms with Gasteiger partial charge in [-0.15, -0.1) is 0 Å². The molecule has 0 spiro atoms. The average Bonchev–Trinajstić information content (AvgIpc) is 3.09. The van der Waals surface area contributed by atoms with E-state index in [1.54, 1.807) is 26.2 Å². The zero-order valence-electron chi connectivity index (χ0n) is 17.3. The summed E-state index contributed by atoms with van der Waals surface area (Å²) in [5.41, 5.74) is 2.28. The Balaban J connectivity index is 1.50. The molecule has 3 rings (SSSR count). The molecule has 0 fully saturated rings. The van der Waals surface area contributed by atoms with Crippen LogP contribution in [0.1, 0.15) is 28.6 Å². The van der Waals surface area contributed by atoms with Crippen LogP contribution in [-0.4, -0.2) is 38.7 Å². The number of amides is 1. The van der Waals surface area contributed by atoms with Crippen LogP contribution in [0.5, 0.6) is 11.5 Å². The molecule has 0 aliphatic heterocycles. The van der Waals surface area contributed by atoms with Crippen molar-refractivity contribution in [3.8, 4) is 11.5 Å². The number of nitrogens with one attached hydrogen (secondary N) is 1. The molecule has 3 aromatic rings. The van der Waals surface area contributed by atoms with Gasteiger partial charge in [0.25, 0.3) is 5.91 Å². The predicted octanol–water partition coefficient (Wildman–Crippen LogP) is 3.66. The Bertz CT molecular complexity index is 1020. The van der Waals surface area contributed by atoms with Crippen molar-refractivity contribution < 1.29 is 28.2 Å². The Morgan fingerprint density at radius 1 is 1.07 bits per heavy atom. The highest BCUT2D eigenvalue weighted by Crippen LogP contribution is 2.29. The minimum absolute atomic E-state index is 0.0877. The quantitative estimate of drug-likeness (QED) is 0.541. The first kappa shape index (κ1) is 21.2. The number of esters is 1. The van der Waals surface area contributed by atoms with E-state index in [-0.39, 0.29) is 18.3 Å². The SMILES string of the molecule is CCOc1ccc2oc(C(=O)OCC(=O)NCCc3ccc(OC)cc3)c(C)c2c1. The highest BCUT2D eigenvalue weighted by Gasteiger charge is 2.20. The molecule has 2 aromatic carbocycles. The molecule has 0 aliphatic rings. The van der Waals surface area contributed by atoms with Crippen LogP contribution in [0, 0.1) is 6.92 Å². The molecular formula is C23H25NO6. The lowest BCUT2D eigenvalue weighted by Crippen LogP contribution is -2.30. The molecule has 1 N–H and O–H groups in total. The van der Waals surface area contributed by atoms with Crippen molar-refractivity contribution in [2.24, 2.45) is 0 Å². The van der Waals surface area contributed by atoms with Crippen molar-refractivity contribution in [2.45, 2.75) is 20.3 Å². The van der Waals surface area contributed by atoms with Crippen molar-refractivity contribution in [1.82, 2.24) is 5.32 Å². The van der Waals surface area contributed by atoms with Gasteiger partial charge in [-0.1, -0.05) is 12.1 Å². The molecule has 1 aromatic heterocycles. The van der Waals surface area contributed by atoms with Crippen LogP contribution in [0.4, 0.5) is 0 Å². The fourth-order valence-electron chi connectivity index (χ4n) is 3.04. The fraction of sp³-hybridized carbons (Fsp3) is 0.304. The molecule has 0 atom stereocenters. The Morgan fingerprint density at radius 3 is 2.50 bits per heavy atom. The topological polar surface area (TPSA) is 87.0 Å². The van der Waals surface area contributed by atoms with E-state index in [4.69, 9.17) is 18.6 Å². The number of methoxy groups -OCH3 is 1. The Morgan fingerprint density at radius 2 is 1.80 bits per heavy atom. The third-order valence-electron chi connectivity index (χ3n) is 4.63. The monoisotopic (exact) mass is 411 g/mol. The van der Waals surface area contributed by atoms with E-state index in [0.717, 1.165) is 16.7 Å². The summed E-state index contributed by atoms with van der Waals surface area (Å²) in [5.74, 6) is 0.524. The second-order valence-corrected chi connectivity index (χ2v) is 6.67. The normalized spacial score (nSPS) is 10.6. The van der Waals surface area contributed by atoms with Gasteiger partial charge in [0.2, 0.25) is 5.76 Å². The summed E-state index contributed by atoms with van der Waals surface area (Å²) in [5, 5.41) is 3.51. The summed E-state index contributed by atoms with van der Waals surface area (Å²) in [6.07, 6.45) is 0.661. The number of carbonyl (C=O) groups excluding carboxylic acids is 2. The van der Waals surface area contributed by atoms with Crippen molar-refractivity contribution in [2.75, 3.05) is 26.9 Å². The van der Waals surface area contributed by atoms with Gasteiger partial charge in [-0.05, 0) is 56.2 Å². The Hall–Kier alpha value is -3.48. The summed E-state index contributed by atoms with van der Waals surface area (Å²) in [6.45, 7) is 4.28. The van der Waals surface area contributed by atoms with Crippen LogP contribution < -0.4 is 14.8 Å². The number of hydrogen-bond acceptors (Lipinski definition) is 6. The van der Waals surface area contributed by atoms with Crippen molar-refractivity contribution in [1.29, 1.82) is 0 Å². The van der Waals surface area contributed by atoms with E-state index in [2.05, 4.69) is 5.32 Å². The lowest BCUT2D eigenvalue weighted by Gasteiger charge is -2.07. The molecule has 7 heteroatoms. The molecule has 1 heterocycles. The molecule has 0 saturated carbocycles. The van der Waals surface area contributed by atoms with Gasteiger partial charge >= 0.3 is 5.97 Å². The van der Waals surface area contributed by atoms with E-state index in [9.17, 15) is 9.59 Å². The van der Waals surface area contributed by atoms with E-state index in [0.29, 0.717) is 36.5 Å². The molecular weight excluding hydrogens is 386 g/mol. The second-order valence-electron chi connectivity index (χ2n) is 6.67. The smallest absolute Gasteiger partial charge is 0.375 e. The lowest BCUT2D eigenvalue weighted by atomic mass is 10.1. The van der Waals surface area contributed by atoms with E-state index < -0.39 is 5.97 Å². The van der Waals surface area contributed by atoms with Gasteiger partial charge in [0.15, 0.2) is 6.61 Å². The summed E-state index contributed by atoms with van der Waals surface area (Å²) in [7, 11) is 1.61. The number of furan rings is 1. The van der Waals surface area contributed by atoms with Crippen LogP contribution in [0.2, 0.25) is 0 Å². The van der Waals surface area contributed by atoms with Gasteiger partial charge in [0, 0.05) is 17.5 Å². The maximum Gasteiger partial charge on any atom is 0.375 e. The van der Waals surface area contributed by atoms with E-state index >= 15 is 0 Å². The van der Waals surface area contributed by atoms with Gasteiger partial charge in [0.1, 0.15) is 17.1 Å². The molecule has 30 heavy (non-hydrogen) atoms. The second kappa shape index (κ2) is 9.82. The van der Waals surface area contributed by atoms with E-state index in [1.807, 2.05) is 37.3 Å². The first-order valence-corrected chi connectivity index (χ1v) is 9.74. The van der Waals surface area contributed by atoms with Gasteiger partial charge in [-0.2, -0.15) is 0 Å². The molecule has 7 nitrogen and oxygen atoms in total. The van der Waals surface area contributed by atoms with Gasteiger partial charge in [0.05, 0.1) is 13.7 Å². The lowest BCUT2D eigenvalue weighted by molar-refractivity contribution is -0.124. The number of fused-ring (bicyclic) bond motifs is 1. The molecule has 0 aliphatic carbocycles. The molecule has 0 bridgehead atoms. The van der Waals surface area contributed by atoms with E-state index in [1.165, 1.54) is 0 Å². The minimum atomic E-state index is -0.674. The summed E-state index contributed by atoms with van der Waals surface area (Å²) < 4.78 is 21.3. The molecule has 158 valence electrons. The Labute approximate surface area is 174 Å². The summed E-state index contributed by atoms with van der Waals surface area (Å²) in [4.78, 5) is 24.4. The first-order valence-electron chi connectivity index (χ1n) is 9.74. The highest BCUT2D eigenvalue weighted by molar-refractivity contribution is 5.97. The van der Waals surface area contributed by atoms with Gasteiger partial charge in [-0.3, -0.25) is 4.79 Å². The number of hydrogen-bond donors (Lipinski definition) is 1.